The first-order chi connectivity index (χ1) is 9.58. The van der Waals surface area contributed by atoms with E-state index in [1.165, 1.54) is 0 Å². The van der Waals surface area contributed by atoms with E-state index in [0.717, 1.165) is 24.1 Å². The summed E-state index contributed by atoms with van der Waals surface area (Å²) in [5, 5.41) is 4.52. The van der Waals surface area contributed by atoms with Gasteiger partial charge in [-0.25, -0.2) is 4.98 Å². The molecule has 0 radical (unpaired) electrons. The largest absolute Gasteiger partial charge is 0.481 e. The number of aromatic nitrogens is 3. The molecule has 1 unspecified atom stereocenters. The van der Waals surface area contributed by atoms with Gasteiger partial charge in [0.05, 0.1) is 12.8 Å². The second-order valence-electron chi connectivity index (χ2n) is 5.26. The second-order valence-corrected chi connectivity index (χ2v) is 5.26. The van der Waals surface area contributed by atoms with Crippen molar-refractivity contribution < 1.29 is 4.74 Å². The third-order valence-corrected chi connectivity index (χ3v) is 3.17. The number of pyridine rings is 1. The Morgan fingerprint density at radius 1 is 1.25 bits per heavy atom. The molecule has 0 aliphatic rings. The Bertz CT molecular complexity index is 533. The van der Waals surface area contributed by atoms with Gasteiger partial charge in [0.25, 0.3) is 0 Å². The van der Waals surface area contributed by atoms with Crippen LogP contribution in [0.2, 0.25) is 0 Å². The lowest BCUT2D eigenvalue weighted by Gasteiger charge is -2.10. The maximum atomic E-state index is 6.19. The van der Waals surface area contributed by atoms with Gasteiger partial charge in [-0.3, -0.25) is 4.68 Å². The Hall–Kier alpha value is -1.88. The van der Waals surface area contributed by atoms with E-state index in [-0.39, 0.29) is 6.04 Å². The van der Waals surface area contributed by atoms with Gasteiger partial charge in [-0.2, -0.15) is 5.10 Å². The molecule has 0 saturated carbocycles. The molecule has 5 heteroatoms. The summed E-state index contributed by atoms with van der Waals surface area (Å²) in [4.78, 5) is 4.19. The highest BCUT2D eigenvalue weighted by molar-refractivity contribution is 5.19. The van der Waals surface area contributed by atoms with Crippen LogP contribution in [0.4, 0.5) is 0 Å². The average Bonchev–Trinajstić information content (AvgIpc) is 2.88. The lowest BCUT2D eigenvalue weighted by molar-refractivity contribution is 0.397. The Kier molecular flexibility index (Phi) is 4.74. The summed E-state index contributed by atoms with van der Waals surface area (Å²) in [6, 6.07) is 6.31. The molecule has 0 aliphatic heterocycles. The first kappa shape index (κ1) is 14.5. The molecule has 20 heavy (non-hydrogen) atoms. The van der Waals surface area contributed by atoms with E-state index in [4.69, 9.17) is 10.5 Å². The van der Waals surface area contributed by atoms with Crippen LogP contribution in [0.5, 0.6) is 5.88 Å². The monoisotopic (exact) mass is 274 g/mol. The van der Waals surface area contributed by atoms with Crippen molar-refractivity contribution >= 4 is 0 Å². The van der Waals surface area contributed by atoms with Gasteiger partial charge in [0, 0.05) is 37.0 Å². The zero-order valence-electron chi connectivity index (χ0n) is 12.3. The summed E-state index contributed by atoms with van der Waals surface area (Å²) in [6.07, 6.45) is 5.37. The van der Waals surface area contributed by atoms with Crippen molar-refractivity contribution in [3.63, 3.8) is 0 Å². The number of hydrogen-bond acceptors (Lipinski definition) is 4. The Morgan fingerprint density at radius 3 is 2.60 bits per heavy atom. The molecule has 2 N–H and O–H groups in total. The zero-order valence-corrected chi connectivity index (χ0v) is 12.3. The predicted octanol–water partition coefficient (Wildman–Crippen LogP) is 1.98. The van der Waals surface area contributed by atoms with Crippen molar-refractivity contribution in [3.8, 4) is 5.88 Å². The lowest BCUT2D eigenvalue weighted by atomic mass is 10.0. The molecule has 5 nitrogen and oxygen atoms in total. The number of nitrogens with two attached hydrogens (primary N) is 1. The van der Waals surface area contributed by atoms with Crippen LogP contribution in [0.3, 0.4) is 0 Å². The van der Waals surface area contributed by atoms with Gasteiger partial charge in [0.15, 0.2) is 0 Å². The van der Waals surface area contributed by atoms with E-state index in [1.54, 1.807) is 7.11 Å². The average molecular weight is 274 g/mol. The van der Waals surface area contributed by atoms with Crippen LogP contribution in [-0.2, 0) is 12.8 Å². The highest BCUT2D eigenvalue weighted by Crippen LogP contribution is 2.11. The molecule has 0 aromatic carbocycles. The SMILES string of the molecule is COc1ccc(CC(N)Cc2ccn(C(C)C)n2)cn1. The van der Waals surface area contributed by atoms with E-state index in [0.29, 0.717) is 11.9 Å². The molecule has 2 rings (SSSR count). The fourth-order valence-electron chi connectivity index (χ4n) is 2.07. The van der Waals surface area contributed by atoms with Gasteiger partial charge in [-0.05, 0) is 31.9 Å². The van der Waals surface area contributed by atoms with Gasteiger partial charge >= 0.3 is 0 Å². The number of rotatable bonds is 6. The molecule has 0 saturated heterocycles. The molecule has 108 valence electrons. The highest BCUT2D eigenvalue weighted by atomic mass is 16.5. The molecule has 2 heterocycles. The minimum Gasteiger partial charge on any atom is -0.481 e. The van der Waals surface area contributed by atoms with Crippen molar-refractivity contribution in [1.82, 2.24) is 14.8 Å². The van der Waals surface area contributed by atoms with Gasteiger partial charge in [-0.15, -0.1) is 0 Å². The Balaban J connectivity index is 1.92. The van der Waals surface area contributed by atoms with Crippen LogP contribution in [0, 0.1) is 0 Å². The molecule has 0 aliphatic carbocycles. The molecular weight excluding hydrogens is 252 g/mol. The van der Waals surface area contributed by atoms with E-state index < -0.39 is 0 Å². The van der Waals surface area contributed by atoms with Crippen molar-refractivity contribution in [2.24, 2.45) is 5.73 Å². The van der Waals surface area contributed by atoms with Crippen molar-refractivity contribution in [3.05, 3.63) is 41.9 Å². The van der Waals surface area contributed by atoms with E-state index in [1.807, 2.05) is 35.3 Å². The topological polar surface area (TPSA) is 66.0 Å². The van der Waals surface area contributed by atoms with Crippen LogP contribution in [0.25, 0.3) is 0 Å². The first-order valence-corrected chi connectivity index (χ1v) is 6.87. The molecule has 0 amide bonds. The molecule has 0 fully saturated rings. The standard InChI is InChI=1S/C15H22N4O/c1-11(2)19-7-6-14(18-19)9-13(16)8-12-4-5-15(20-3)17-10-12/h4-7,10-11,13H,8-9,16H2,1-3H3. The summed E-state index contributed by atoms with van der Waals surface area (Å²) in [5.74, 6) is 0.623. The number of methoxy groups -OCH3 is 1. The van der Waals surface area contributed by atoms with Crippen LogP contribution in [0.15, 0.2) is 30.6 Å². The third-order valence-electron chi connectivity index (χ3n) is 3.17. The van der Waals surface area contributed by atoms with E-state index in [9.17, 15) is 0 Å². The summed E-state index contributed by atoms with van der Waals surface area (Å²) in [7, 11) is 1.61. The van der Waals surface area contributed by atoms with Crippen molar-refractivity contribution in [2.45, 2.75) is 38.8 Å². The van der Waals surface area contributed by atoms with Crippen LogP contribution >= 0.6 is 0 Å². The summed E-state index contributed by atoms with van der Waals surface area (Å²) >= 11 is 0. The minimum atomic E-state index is 0.0423. The van der Waals surface area contributed by atoms with E-state index in [2.05, 4.69) is 23.9 Å². The maximum Gasteiger partial charge on any atom is 0.212 e. The molecular formula is C15H22N4O. The van der Waals surface area contributed by atoms with Crippen molar-refractivity contribution in [2.75, 3.05) is 7.11 Å². The fourth-order valence-corrected chi connectivity index (χ4v) is 2.07. The molecule has 0 bridgehead atoms. The molecule has 2 aromatic heterocycles. The zero-order chi connectivity index (χ0) is 14.5. The third kappa shape index (κ3) is 3.81. The Morgan fingerprint density at radius 2 is 2.05 bits per heavy atom. The number of ether oxygens (including phenoxy) is 1. The molecule has 1 atom stereocenters. The second kappa shape index (κ2) is 6.52. The number of nitrogens with zero attached hydrogens (tertiary/aromatic N) is 3. The van der Waals surface area contributed by atoms with Gasteiger partial charge in [0.1, 0.15) is 0 Å². The maximum absolute atomic E-state index is 6.19. The quantitative estimate of drug-likeness (QED) is 0.874. The van der Waals surface area contributed by atoms with Gasteiger partial charge in [0.2, 0.25) is 5.88 Å². The normalized spacial score (nSPS) is 12.7. The summed E-state index contributed by atoms with van der Waals surface area (Å²) in [6.45, 7) is 4.22. The van der Waals surface area contributed by atoms with E-state index >= 15 is 0 Å². The number of hydrogen-bond donors (Lipinski definition) is 1. The van der Waals surface area contributed by atoms with Gasteiger partial charge in [-0.1, -0.05) is 6.07 Å². The molecule has 2 aromatic rings. The predicted molar refractivity (Wildman–Crippen MR) is 78.8 cm³/mol. The summed E-state index contributed by atoms with van der Waals surface area (Å²) in [5.41, 5.74) is 8.33. The Labute approximate surface area is 119 Å². The van der Waals surface area contributed by atoms with Crippen LogP contribution in [-0.4, -0.2) is 27.9 Å². The smallest absolute Gasteiger partial charge is 0.212 e. The van der Waals surface area contributed by atoms with Crippen LogP contribution in [0.1, 0.15) is 31.1 Å². The lowest BCUT2D eigenvalue weighted by Crippen LogP contribution is -2.26. The highest BCUT2D eigenvalue weighted by Gasteiger charge is 2.09. The van der Waals surface area contributed by atoms with Crippen LogP contribution < -0.4 is 10.5 Å². The minimum absolute atomic E-state index is 0.0423. The van der Waals surface area contributed by atoms with Gasteiger partial charge < -0.3 is 10.5 Å². The fraction of sp³-hybridized carbons (Fsp3) is 0.467. The summed E-state index contributed by atoms with van der Waals surface area (Å²) < 4.78 is 7.00. The molecule has 0 spiro atoms. The van der Waals surface area contributed by atoms with Crippen molar-refractivity contribution in [1.29, 1.82) is 0 Å². The first-order valence-electron chi connectivity index (χ1n) is 6.87.